The van der Waals surface area contributed by atoms with Crippen LogP contribution < -0.4 is 9.64 Å². The normalized spacial score (nSPS) is 11.3. The van der Waals surface area contributed by atoms with Crippen molar-refractivity contribution in [2.75, 3.05) is 11.4 Å². The zero-order chi connectivity index (χ0) is 16.7. The number of nitrogens with zero attached hydrogens (tertiary/aromatic N) is 3. The summed E-state index contributed by atoms with van der Waals surface area (Å²) in [7, 11) is 0. The lowest BCUT2D eigenvalue weighted by atomic mass is 10.2. The number of hydrogen-bond acceptors (Lipinski definition) is 4. The van der Waals surface area contributed by atoms with Crippen molar-refractivity contribution in [3.8, 4) is 11.9 Å². The number of pyridine rings is 1. The van der Waals surface area contributed by atoms with Gasteiger partial charge in [0.15, 0.2) is 0 Å². The zero-order valence-corrected chi connectivity index (χ0v) is 13.3. The molecule has 0 spiro atoms. The van der Waals surface area contributed by atoms with Gasteiger partial charge < -0.3 is 4.74 Å². The first-order valence-corrected chi connectivity index (χ1v) is 7.52. The van der Waals surface area contributed by atoms with Crippen LogP contribution >= 0.6 is 0 Å². The molecule has 0 saturated heterocycles. The predicted molar refractivity (Wildman–Crippen MR) is 88.3 cm³/mol. The van der Waals surface area contributed by atoms with Crippen LogP contribution in [0.1, 0.15) is 30.6 Å². The van der Waals surface area contributed by atoms with Gasteiger partial charge in [0.1, 0.15) is 6.54 Å². The Balaban J connectivity index is 2.27. The van der Waals surface area contributed by atoms with Crippen molar-refractivity contribution in [3.05, 3.63) is 54.2 Å². The first kappa shape index (κ1) is 16.5. The fraction of sp³-hybridized carbons (Fsp3) is 0.278. The first-order valence-electron chi connectivity index (χ1n) is 7.52. The smallest absolute Gasteiger partial charge is 0.259 e. The number of benzene rings is 1. The minimum Gasteiger partial charge on any atom is -0.475 e. The lowest BCUT2D eigenvalue weighted by Crippen LogP contribution is -2.31. The topological polar surface area (TPSA) is 66.2 Å². The van der Waals surface area contributed by atoms with Gasteiger partial charge in [-0.1, -0.05) is 25.1 Å². The average molecular weight is 309 g/mol. The highest BCUT2D eigenvalue weighted by Gasteiger charge is 2.18. The van der Waals surface area contributed by atoms with E-state index in [9.17, 15) is 4.79 Å². The molecule has 1 heterocycles. The molecule has 0 aliphatic carbocycles. The summed E-state index contributed by atoms with van der Waals surface area (Å²) in [5.41, 5.74) is 1.12. The van der Waals surface area contributed by atoms with Crippen molar-refractivity contribution in [3.63, 3.8) is 0 Å². The lowest BCUT2D eigenvalue weighted by molar-refractivity contribution is 0.0989. The van der Waals surface area contributed by atoms with Crippen molar-refractivity contribution >= 4 is 11.6 Å². The molecule has 0 bridgehead atoms. The Morgan fingerprint density at radius 3 is 2.74 bits per heavy atom. The Hall–Kier alpha value is -2.87. The Morgan fingerprint density at radius 1 is 1.35 bits per heavy atom. The summed E-state index contributed by atoms with van der Waals surface area (Å²) in [6, 6.07) is 14.4. The van der Waals surface area contributed by atoms with Crippen molar-refractivity contribution in [1.29, 1.82) is 5.26 Å². The molecule has 0 N–H and O–H groups in total. The molecule has 1 amide bonds. The number of carbonyl (C=O) groups excluding carboxylic acids is 1. The molecule has 0 fully saturated rings. The molecule has 0 radical (unpaired) electrons. The number of hydrogen-bond donors (Lipinski definition) is 0. The third-order valence-electron chi connectivity index (χ3n) is 3.42. The van der Waals surface area contributed by atoms with Crippen LogP contribution in [-0.2, 0) is 0 Å². The molecule has 2 aromatic rings. The standard InChI is InChI=1S/C18H19N3O2/c1-3-14(2)23-17-13-15(9-11-20-17)18(22)21(12-10-19)16-7-5-4-6-8-16/h4-9,11,13-14H,3,12H2,1-2H3. The van der Waals surface area contributed by atoms with E-state index in [0.717, 1.165) is 6.42 Å². The second kappa shape index (κ2) is 7.95. The van der Waals surface area contributed by atoms with E-state index in [0.29, 0.717) is 17.1 Å². The molecule has 0 aliphatic heterocycles. The van der Waals surface area contributed by atoms with E-state index in [2.05, 4.69) is 4.98 Å². The van der Waals surface area contributed by atoms with Gasteiger partial charge in [-0.25, -0.2) is 4.98 Å². The quantitative estimate of drug-likeness (QED) is 0.767. The molecule has 5 heteroatoms. The van der Waals surface area contributed by atoms with Crippen LogP contribution in [-0.4, -0.2) is 23.5 Å². The predicted octanol–water partition coefficient (Wildman–Crippen LogP) is 3.43. The Bertz CT molecular complexity index is 695. The van der Waals surface area contributed by atoms with E-state index in [4.69, 9.17) is 10.00 Å². The summed E-state index contributed by atoms with van der Waals surface area (Å²) < 4.78 is 5.65. The highest BCUT2D eigenvalue weighted by atomic mass is 16.5. The van der Waals surface area contributed by atoms with Gasteiger partial charge in [-0.05, 0) is 31.5 Å². The van der Waals surface area contributed by atoms with Gasteiger partial charge >= 0.3 is 0 Å². The van der Waals surface area contributed by atoms with Crippen LogP contribution in [0.4, 0.5) is 5.69 Å². The summed E-state index contributed by atoms with van der Waals surface area (Å²) in [6.45, 7) is 3.94. The first-order chi connectivity index (χ1) is 11.2. The van der Waals surface area contributed by atoms with E-state index in [-0.39, 0.29) is 18.6 Å². The number of anilines is 1. The molecule has 1 aromatic heterocycles. The number of ether oxygens (including phenoxy) is 1. The van der Waals surface area contributed by atoms with Crippen molar-refractivity contribution in [1.82, 2.24) is 4.98 Å². The van der Waals surface area contributed by atoms with E-state index < -0.39 is 0 Å². The summed E-state index contributed by atoms with van der Waals surface area (Å²) >= 11 is 0. The highest BCUT2D eigenvalue weighted by Crippen LogP contribution is 2.19. The van der Waals surface area contributed by atoms with Gasteiger partial charge in [-0.2, -0.15) is 5.26 Å². The minimum atomic E-state index is -0.255. The minimum absolute atomic E-state index is 0.0211. The fourth-order valence-corrected chi connectivity index (χ4v) is 2.01. The molecule has 1 unspecified atom stereocenters. The molecule has 2 rings (SSSR count). The number of rotatable bonds is 6. The summed E-state index contributed by atoms with van der Waals surface area (Å²) in [6.07, 6.45) is 2.42. The number of carbonyl (C=O) groups is 1. The Morgan fingerprint density at radius 2 is 2.09 bits per heavy atom. The van der Waals surface area contributed by atoms with Gasteiger partial charge in [-0.3, -0.25) is 9.69 Å². The Labute approximate surface area is 136 Å². The Kier molecular flexibility index (Phi) is 5.70. The third-order valence-corrected chi connectivity index (χ3v) is 3.42. The summed E-state index contributed by atoms with van der Waals surface area (Å²) in [5, 5.41) is 9.02. The van der Waals surface area contributed by atoms with Crippen LogP contribution in [0.5, 0.6) is 5.88 Å². The lowest BCUT2D eigenvalue weighted by Gasteiger charge is -2.20. The van der Waals surface area contributed by atoms with Crippen molar-refractivity contribution in [2.45, 2.75) is 26.4 Å². The molecule has 118 valence electrons. The van der Waals surface area contributed by atoms with Crippen LogP contribution in [0.3, 0.4) is 0 Å². The average Bonchev–Trinajstić information content (AvgIpc) is 2.60. The summed E-state index contributed by atoms with van der Waals surface area (Å²) in [5.74, 6) is 0.157. The molecule has 5 nitrogen and oxygen atoms in total. The second-order valence-electron chi connectivity index (χ2n) is 5.10. The molecule has 1 aromatic carbocycles. The molecule has 0 saturated carbocycles. The zero-order valence-electron chi connectivity index (χ0n) is 13.3. The molecular formula is C18H19N3O2. The van der Waals surface area contributed by atoms with Crippen LogP contribution in [0.15, 0.2) is 48.7 Å². The third kappa shape index (κ3) is 4.30. The molecule has 23 heavy (non-hydrogen) atoms. The van der Waals surface area contributed by atoms with Crippen LogP contribution in [0.2, 0.25) is 0 Å². The monoisotopic (exact) mass is 309 g/mol. The van der Waals surface area contributed by atoms with Crippen molar-refractivity contribution < 1.29 is 9.53 Å². The number of aromatic nitrogens is 1. The molecule has 0 aliphatic rings. The number of nitriles is 1. The van der Waals surface area contributed by atoms with E-state index in [1.165, 1.54) is 4.90 Å². The van der Waals surface area contributed by atoms with E-state index >= 15 is 0 Å². The van der Waals surface area contributed by atoms with Crippen LogP contribution in [0.25, 0.3) is 0 Å². The van der Waals surface area contributed by atoms with Gasteiger partial charge in [0.25, 0.3) is 5.91 Å². The maximum absolute atomic E-state index is 12.7. The molecule has 1 atom stereocenters. The van der Waals surface area contributed by atoms with Gasteiger partial charge in [0.05, 0.1) is 12.2 Å². The van der Waals surface area contributed by atoms with Gasteiger partial charge in [-0.15, -0.1) is 0 Å². The van der Waals surface area contributed by atoms with E-state index in [1.807, 2.05) is 38.1 Å². The van der Waals surface area contributed by atoms with Gasteiger partial charge in [0, 0.05) is 23.5 Å². The maximum atomic E-state index is 12.7. The number of amides is 1. The molecular weight excluding hydrogens is 290 g/mol. The maximum Gasteiger partial charge on any atom is 0.259 e. The summed E-state index contributed by atoms with van der Waals surface area (Å²) in [4.78, 5) is 18.3. The fourth-order valence-electron chi connectivity index (χ4n) is 2.01. The highest BCUT2D eigenvalue weighted by molar-refractivity contribution is 6.06. The van der Waals surface area contributed by atoms with E-state index in [1.54, 1.807) is 30.5 Å². The largest absolute Gasteiger partial charge is 0.475 e. The second-order valence-corrected chi connectivity index (χ2v) is 5.10. The van der Waals surface area contributed by atoms with Crippen LogP contribution in [0, 0.1) is 11.3 Å². The van der Waals surface area contributed by atoms with Gasteiger partial charge in [0.2, 0.25) is 5.88 Å². The SMILES string of the molecule is CCC(C)Oc1cc(C(=O)N(CC#N)c2ccccc2)ccn1. The number of para-hydroxylation sites is 1. The van der Waals surface area contributed by atoms with Crippen molar-refractivity contribution in [2.24, 2.45) is 0 Å².